The Hall–Kier alpha value is -1.22. The van der Waals surface area contributed by atoms with Crippen molar-refractivity contribution >= 4 is 5.69 Å². The normalized spacial score (nSPS) is 15.1. The van der Waals surface area contributed by atoms with Gasteiger partial charge in [-0.1, -0.05) is 13.0 Å². The molecule has 18 heavy (non-hydrogen) atoms. The molecule has 1 fully saturated rings. The summed E-state index contributed by atoms with van der Waals surface area (Å²) in [4.78, 5) is 2.42. The number of methoxy groups -OCH3 is 1. The van der Waals surface area contributed by atoms with Crippen molar-refractivity contribution in [2.45, 2.75) is 32.7 Å². The highest BCUT2D eigenvalue weighted by Gasteiger charge is 2.16. The zero-order valence-electron chi connectivity index (χ0n) is 11.5. The Morgan fingerprint density at radius 2 is 2.06 bits per heavy atom. The summed E-state index contributed by atoms with van der Waals surface area (Å²) >= 11 is 0. The van der Waals surface area contributed by atoms with Gasteiger partial charge < -0.3 is 15.0 Å². The highest BCUT2D eigenvalue weighted by atomic mass is 16.5. The van der Waals surface area contributed by atoms with E-state index in [1.165, 1.54) is 30.5 Å². The number of nitrogens with zero attached hydrogens (tertiary/aromatic N) is 1. The molecular weight excluding hydrogens is 224 g/mol. The minimum absolute atomic E-state index is 0.921. The average molecular weight is 248 g/mol. The summed E-state index contributed by atoms with van der Waals surface area (Å²) in [6, 6.07) is 6.57. The summed E-state index contributed by atoms with van der Waals surface area (Å²) < 4.78 is 5.54. The molecule has 1 aliphatic heterocycles. The van der Waals surface area contributed by atoms with Crippen LogP contribution in [0.25, 0.3) is 0 Å². The third-order valence-corrected chi connectivity index (χ3v) is 3.45. The minimum Gasteiger partial charge on any atom is -0.495 e. The van der Waals surface area contributed by atoms with E-state index in [-0.39, 0.29) is 0 Å². The maximum atomic E-state index is 5.54. The quantitative estimate of drug-likeness (QED) is 0.783. The van der Waals surface area contributed by atoms with E-state index >= 15 is 0 Å². The van der Waals surface area contributed by atoms with Gasteiger partial charge in [-0.3, -0.25) is 0 Å². The molecule has 1 N–H and O–H groups in total. The van der Waals surface area contributed by atoms with Gasteiger partial charge in [0.25, 0.3) is 0 Å². The molecule has 0 bridgehead atoms. The van der Waals surface area contributed by atoms with Crippen LogP contribution in [0.4, 0.5) is 5.69 Å². The number of nitrogens with one attached hydrogen (secondary N) is 1. The van der Waals surface area contributed by atoms with Gasteiger partial charge in [-0.2, -0.15) is 0 Å². The molecule has 1 saturated heterocycles. The monoisotopic (exact) mass is 248 g/mol. The van der Waals surface area contributed by atoms with E-state index in [1.54, 1.807) is 7.11 Å². The van der Waals surface area contributed by atoms with Crippen molar-refractivity contribution in [2.24, 2.45) is 0 Å². The molecule has 3 nitrogen and oxygen atoms in total. The lowest BCUT2D eigenvalue weighted by atomic mass is 10.1. The van der Waals surface area contributed by atoms with Crippen molar-refractivity contribution in [3.63, 3.8) is 0 Å². The van der Waals surface area contributed by atoms with E-state index in [9.17, 15) is 0 Å². The molecule has 2 rings (SSSR count). The van der Waals surface area contributed by atoms with Crippen LogP contribution in [0.3, 0.4) is 0 Å². The van der Waals surface area contributed by atoms with Crippen molar-refractivity contribution in [2.75, 3.05) is 31.6 Å². The van der Waals surface area contributed by atoms with Gasteiger partial charge in [-0.15, -0.1) is 0 Å². The number of benzene rings is 1. The summed E-state index contributed by atoms with van der Waals surface area (Å²) in [5.41, 5.74) is 2.54. The predicted octanol–water partition coefficient (Wildman–Crippen LogP) is 2.80. The first-order valence-electron chi connectivity index (χ1n) is 6.97. The summed E-state index contributed by atoms with van der Waals surface area (Å²) in [7, 11) is 1.76. The first-order valence-corrected chi connectivity index (χ1v) is 6.97. The van der Waals surface area contributed by atoms with Crippen LogP contribution in [0.15, 0.2) is 18.2 Å². The number of ether oxygens (including phenoxy) is 1. The average Bonchev–Trinajstić information content (AvgIpc) is 2.92. The number of hydrogen-bond donors (Lipinski definition) is 1. The largest absolute Gasteiger partial charge is 0.495 e. The Balaban J connectivity index is 2.07. The predicted molar refractivity (Wildman–Crippen MR) is 76.4 cm³/mol. The maximum Gasteiger partial charge on any atom is 0.142 e. The standard InChI is InChI=1S/C15H24N2O/c1-3-8-16-12-13-6-7-14(15(11-13)18-2)17-9-4-5-10-17/h6-7,11,16H,3-5,8-10,12H2,1-2H3. The van der Waals surface area contributed by atoms with Gasteiger partial charge in [0.15, 0.2) is 0 Å². The van der Waals surface area contributed by atoms with Crippen LogP contribution in [0, 0.1) is 0 Å². The van der Waals surface area contributed by atoms with Crippen LogP contribution in [0.2, 0.25) is 0 Å². The zero-order chi connectivity index (χ0) is 12.8. The first kappa shape index (κ1) is 13.2. The van der Waals surface area contributed by atoms with Crippen LogP contribution in [0.5, 0.6) is 5.75 Å². The zero-order valence-corrected chi connectivity index (χ0v) is 11.5. The molecule has 1 aromatic rings. The summed E-state index contributed by atoms with van der Waals surface area (Å²) in [6.45, 7) is 6.48. The van der Waals surface area contributed by atoms with Crippen molar-refractivity contribution in [1.29, 1.82) is 0 Å². The molecule has 0 aromatic heterocycles. The lowest BCUT2D eigenvalue weighted by molar-refractivity contribution is 0.414. The molecule has 1 aliphatic rings. The molecule has 1 aromatic carbocycles. The number of anilines is 1. The molecule has 3 heteroatoms. The Morgan fingerprint density at radius 1 is 1.28 bits per heavy atom. The highest BCUT2D eigenvalue weighted by molar-refractivity contribution is 5.60. The van der Waals surface area contributed by atoms with Gasteiger partial charge in [-0.05, 0) is 43.5 Å². The van der Waals surface area contributed by atoms with E-state index in [4.69, 9.17) is 4.74 Å². The second kappa shape index (κ2) is 6.64. The molecule has 100 valence electrons. The third-order valence-electron chi connectivity index (χ3n) is 3.45. The lowest BCUT2D eigenvalue weighted by Crippen LogP contribution is -2.19. The summed E-state index contributed by atoms with van der Waals surface area (Å²) in [5.74, 6) is 1.01. The van der Waals surface area contributed by atoms with Gasteiger partial charge in [0.2, 0.25) is 0 Å². The number of rotatable bonds is 6. The van der Waals surface area contributed by atoms with Crippen molar-refractivity contribution < 1.29 is 4.74 Å². The van der Waals surface area contributed by atoms with E-state index in [0.717, 1.165) is 31.9 Å². The molecule has 0 amide bonds. The minimum atomic E-state index is 0.921. The van der Waals surface area contributed by atoms with Crippen LogP contribution in [-0.2, 0) is 6.54 Å². The maximum absolute atomic E-state index is 5.54. The van der Waals surface area contributed by atoms with Crippen molar-refractivity contribution in [3.8, 4) is 5.75 Å². The molecule has 0 saturated carbocycles. The van der Waals surface area contributed by atoms with E-state index in [2.05, 4.69) is 35.3 Å². The van der Waals surface area contributed by atoms with Gasteiger partial charge in [0, 0.05) is 19.6 Å². The van der Waals surface area contributed by atoms with Crippen LogP contribution < -0.4 is 15.0 Å². The summed E-state index contributed by atoms with van der Waals surface area (Å²) in [6.07, 6.45) is 3.76. The van der Waals surface area contributed by atoms with Gasteiger partial charge in [-0.25, -0.2) is 0 Å². The Bertz CT molecular complexity index is 373. The molecule has 0 atom stereocenters. The van der Waals surface area contributed by atoms with Crippen LogP contribution >= 0.6 is 0 Å². The third kappa shape index (κ3) is 3.16. The second-order valence-corrected chi connectivity index (χ2v) is 4.88. The smallest absolute Gasteiger partial charge is 0.142 e. The fourth-order valence-electron chi connectivity index (χ4n) is 2.46. The second-order valence-electron chi connectivity index (χ2n) is 4.88. The van der Waals surface area contributed by atoms with Crippen LogP contribution in [-0.4, -0.2) is 26.7 Å². The Kier molecular flexibility index (Phi) is 4.88. The Labute approximate surface area is 110 Å². The lowest BCUT2D eigenvalue weighted by Gasteiger charge is -2.21. The number of hydrogen-bond acceptors (Lipinski definition) is 3. The molecule has 0 radical (unpaired) electrons. The fraction of sp³-hybridized carbons (Fsp3) is 0.600. The molecule has 1 heterocycles. The summed E-state index contributed by atoms with van der Waals surface area (Å²) in [5, 5.41) is 3.42. The van der Waals surface area contributed by atoms with Crippen LogP contribution in [0.1, 0.15) is 31.7 Å². The molecule has 0 unspecified atom stereocenters. The fourth-order valence-corrected chi connectivity index (χ4v) is 2.46. The first-order chi connectivity index (χ1) is 8.85. The van der Waals surface area contributed by atoms with E-state index in [0.29, 0.717) is 0 Å². The van der Waals surface area contributed by atoms with Gasteiger partial charge >= 0.3 is 0 Å². The van der Waals surface area contributed by atoms with Crippen molar-refractivity contribution in [3.05, 3.63) is 23.8 Å². The highest BCUT2D eigenvalue weighted by Crippen LogP contribution is 2.31. The van der Waals surface area contributed by atoms with E-state index < -0.39 is 0 Å². The Morgan fingerprint density at radius 3 is 2.72 bits per heavy atom. The molecular formula is C15H24N2O. The molecule has 0 spiro atoms. The van der Waals surface area contributed by atoms with Gasteiger partial charge in [0.1, 0.15) is 5.75 Å². The SMILES string of the molecule is CCCNCc1ccc(N2CCCC2)c(OC)c1. The van der Waals surface area contributed by atoms with Gasteiger partial charge in [0.05, 0.1) is 12.8 Å². The van der Waals surface area contributed by atoms with E-state index in [1.807, 2.05) is 0 Å². The van der Waals surface area contributed by atoms with Crippen molar-refractivity contribution in [1.82, 2.24) is 5.32 Å². The molecule has 0 aliphatic carbocycles. The topological polar surface area (TPSA) is 24.5 Å².